The van der Waals surface area contributed by atoms with Crippen molar-refractivity contribution >= 4 is 17.6 Å². The number of carbonyl (C=O) groups excluding carboxylic acids is 2. The van der Waals surface area contributed by atoms with E-state index in [1.807, 2.05) is 73.7 Å². The van der Waals surface area contributed by atoms with E-state index in [9.17, 15) is 9.59 Å². The van der Waals surface area contributed by atoms with E-state index < -0.39 is 0 Å². The molecule has 160 valence electrons. The van der Waals surface area contributed by atoms with Crippen LogP contribution in [-0.4, -0.2) is 30.4 Å². The molecular formula is C26H28N2O3. The normalized spacial score (nSPS) is 11.7. The van der Waals surface area contributed by atoms with Crippen molar-refractivity contribution in [3.8, 4) is 0 Å². The maximum atomic E-state index is 12.7. The van der Waals surface area contributed by atoms with Gasteiger partial charge in [0.15, 0.2) is 0 Å². The molecular weight excluding hydrogens is 388 g/mol. The van der Waals surface area contributed by atoms with Gasteiger partial charge in [0.2, 0.25) is 0 Å². The first kappa shape index (κ1) is 22.2. The van der Waals surface area contributed by atoms with Gasteiger partial charge < -0.3 is 10.1 Å². The van der Waals surface area contributed by atoms with Gasteiger partial charge in [-0.2, -0.15) is 0 Å². The van der Waals surface area contributed by atoms with Gasteiger partial charge in [-0.3, -0.25) is 14.5 Å². The van der Waals surface area contributed by atoms with Crippen molar-refractivity contribution in [1.82, 2.24) is 4.90 Å². The first-order chi connectivity index (χ1) is 15.0. The van der Waals surface area contributed by atoms with Gasteiger partial charge in [0.25, 0.3) is 5.91 Å². The van der Waals surface area contributed by atoms with Crippen molar-refractivity contribution in [2.45, 2.75) is 20.0 Å². The van der Waals surface area contributed by atoms with Gasteiger partial charge in [0.05, 0.1) is 13.0 Å². The van der Waals surface area contributed by atoms with Crippen molar-refractivity contribution in [3.05, 3.63) is 102 Å². The molecule has 1 atom stereocenters. The molecule has 1 unspecified atom stereocenters. The third-order valence-electron chi connectivity index (χ3n) is 5.01. The Hall–Kier alpha value is -3.44. The van der Waals surface area contributed by atoms with E-state index >= 15 is 0 Å². The summed E-state index contributed by atoms with van der Waals surface area (Å²) in [6, 6.07) is 27.1. The maximum Gasteiger partial charge on any atom is 0.309 e. The molecule has 5 heteroatoms. The molecule has 0 bridgehead atoms. The van der Waals surface area contributed by atoms with E-state index in [2.05, 4.69) is 22.3 Å². The number of para-hydroxylation sites is 1. The number of methoxy groups -OCH3 is 1. The fraction of sp³-hybridized carbons (Fsp3) is 0.231. The number of rotatable bonds is 9. The molecule has 0 spiro atoms. The largest absolute Gasteiger partial charge is 0.469 e. The van der Waals surface area contributed by atoms with Gasteiger partial charge in [0.1, 0.15) is 0 Å². The van der Waals surface area contributed by atoms with Crippen LogP contribution in [0.2, 0.25) is 0 Å². The minimum absolute atomic E-state index is 0.148. The highest BCUT2D eigenvalue weighted by Gasteiger charge is 2.18. The van der Waals surface area contributed by atoms with Crippen molar-refractivity contribution in [1.29, 1.82) is 0 Å². The van der Waals surface area contributed by atoms with Gasteiger partial charge in [0, 0.05) is 30.9 Å². The lowest BCUT2D eigenvalue weighted by molar-refractivity contribution is -0.145. The first-order valence-electron chi connectivity index (χ1n) is 10.3. The van der Waals surface area contributed by atoms with Crippen LogP contribution in [-0.2, 0) is 22.6 Å². The van der Waals surface area contributed by atoms with E-state index in [0.29, 0.717) is 25.2 Å². The lowest BCUT2D eigenvalue weighted by Gasteiger charge is -2.25. The molecule has 3 aromatic rings. The Kier molecular flexibility index (Phi) is 7.96. The zero-order valence-electron chi connectivity index (χ0n) is 18.0. The summed E-state index contributed by atoms with van der Waals surface area (Å²) >= 11 is 0. The smallest absolute Gasteiger partial charge is 0.309 e. The Morgan fingerprint density at radius 3 is 2.16 bits per heavy atom. The monoisotopic (exact) mass is 416 g/mol. The summed E-state index contributed by atoms with van der Waals surface area (Å²) in [4.78, 5) is 26.8. The number of hydrogen-bond donors (Lipinski definition) is 1. The fourth-order valence-electron chi connectivity index (χ4n) is 3.48. The molecule has 3 rings (SSSR count). The highest BCUT2D eigenvalue weighted by atomic mass is 16.5. The van der Waals surface area contributed by atoms with Gasteiger partial charge in [-0.25, -0.2) is 0 Å². The Bertz CT molecular complexity index is 990. The summed E-state index contributed by atoms with van der Waals surface area (Å²) in [5.41, 5.74) is 3.53. The maximum absolute atomic E-state index is 12.7. The number of amides is 1. The van der Waals surface area contributed by atoms with Crippen molar-refractivity contribution in [2.75, 3.05) is 19.0 Å². The quantitative estimate of drug-likeness (QED) is 0.512. The molecule has 1 N–H and O–H groups in total. The molecule has 0 aliphatic carbocycles. The summed E-state index contributed by atoms with van der Waals surface area (Å²) in [5, 5.41) is 2.92. The predicted octanol–water partition coefficient (Wildman–Crippen LogP) is 4.75. The summed E-state index contributed by atoms with van der Waals surface area (Å²) in [6.45, 7) is 3.74. The molecule has 0 aliphatic heterocycles. The zero-order chi connectivity index (χ0) is 22.1. The van der Waals surface area contributed by atoms with Gasteiger partial charge in [-0.15, -0.1) is 0 Å². The SMILES string of the molecule is COC(=O)C(C)CN(Cc1ccccc1)Cc1cccc(C(=O)Nc2ccccc2)c1. The minimum Gasteiger partial charge on any atom is -0.469 e. The number of carbonyl (C=O) groups is 2. The summed E-state index contributed by atoms with van der Waals surface area (Å²) in [5.74, 6) is -0.627. The molecule has 0 radical (unpaired) electrons. The average Bonchev–Trinajstić information content (AvgIpc) is 2.80. The van der Waals surface area contributed by atoms with Crippen LogP contribution < -0.4 is 5.32 Å². The summed E-state index contributed by atoms with van der Waals surface area (Å²) in [7, 11) is 1.41. The number of hydrogen-bond acceptors (Lipinski definition) is 4. The topological polar surface area (TPSA) is 58.6 Å². The van der Waals surface area contributed by atoms with Crippen molar-refractivity contribution in [3.63, 3.8) is 0 Å². The van der Waals surface area contributed by atoms with E-state index in [1.165, 1.54) is 7.11 Å². The Labute approximate surface area is 183 Å². The number of nitrogens with zero attached hydrogens (tertiary/aromatic N) is 1. The van der Waals surface area contributed by atoms with Crippen LogP contribution >= 0.6 is 0 Å². The van der Waals surface area contributed by atoms with Crippen LogP contribution in [0.25, 0.3) is 0 Å². The number of esters is 1. The number of ether oxygens (including phenoxy) is 1. The van der Waals surface area contributed by atoms with Crippen LogP contribution in [0.3, 0.4) is 0 Å². The highest BCUT2D eigenvalue weighted by molar-refractivity contribution is 6.04. The standard InChI is InChI=1S/C26H28N2O3/c1-20(26(30)31-2)17-28(18-21-10-5-3-6-11-21)19-22-12-9-13-23(16-22)25(29)27-24-14-7-4-8-15-24/h3-16,20H,17-19H2,1-2H3,(H,27,29). The lowest BCUT2D eigenvalue weighted by atomic mass is 10.1. The highest BCUT2D eigenvalue weighted by Crippen LogP contribution is 2.16. The van der Waals surface area contributed by atoms with Crippen LogP contribution in [0.5, 0.6) is 0 Å². The molecule has 0 heterocycles. The van der Waals surface area contributed by atoms with E-state index in [1.54, 1.807) is 6.07 Å². The molecule has 3 aromatic carbocycles. The fourth-order valence-corrected chi connectivity index (χ4v) is 3.48. The zero-order valence-corrected chi connectivity index (χ0v) is 18.0. The van der Waals surface area contributed by atoms with Crippen LogP contribution in [0.1, 0.15) is 28.4 Å². The summed E-state index contributed by atoms with van der Waals surface area (Å²) < 4.78 is 4.90. The third kappa shape index (κ3) is 6.79. The third-order valence-corrected chi connectivity index (χ3v) is 5.01. The van der Waals surface area contributed by atoms with Gasteiger partial charge in [-0.1, -0.05) is 67.6 Å². The first-order valence-corrected chi connectivity index (χ1v) is 10.3. The molecule has 0 aliphatic rings. The van der Waals surface area contributed by atoms with E-state index in [-0.39, 0.29) is 17.8 Å². The second kappa shape index (κ2) is 11.1. The Morgan fingerprint density at radius 1 is 0.871 bits per heavy atom. The number of anilines is 1. The number of nitrogens with one attached hydrogen (secondary N) is 1. The van der Waals surface area contributed by atoms with Gasteiger partial charge >= 0.3 is 5.97 Å². The van der Waals surface area contributed by atoms with Crippen LogP contribution in [0.4, 0.5) is 5.69 Å². The van der Waals surface area contributed by atoms with Gasteiger partial charge in [-0.05, 0) is 35.4 Å². The molecule has 31 heavy (non-hydrogen) atoms. The molecule has 0 fully saturated rings. The van der Waals surface area contributed by atoms with E-state index in [4.69, 9.17) is 4.74 Å². The predicted molar refractivity (Wildman–Crippen MR) is 123 cm³/mol. The molecule has 0 saturated heterocycles. The second-order valence-electron chi connectivity index (χ2n) is 7.60. The molecule has 0 aromatic heterocycles. The Morgan fingerprint density at radius 2 is 1.48 bits per heavy atom. The Balaban J connectivity index is 1.74. The van der Waals surface area contributed by atoms with Crippen molar-refractivity contribution < 1.29 is 14.3 Å². The molecule has 0 saturated carbocycles. The van der Waals surface area contributed by atoms with Crippen LogP contribution in [0.15, 0.2) is 84.9 Å². The minimum atomic E-state index is -0.252. The van der Waals surface area contributed by atoms with E-state index in [0.717, 1.165) is 16.8 Å². The second-order valence-corrected chi connectivity index (χ2v) is 7.60. The summed E-state index contributed by atoms with van der Waals surface area (Å²) in [6.07, 6.45) is 0. The average molecular weight is 417 g/mol. The molecule has 1 amide bonds. The number of benzene rings is 3. The lowest BCUT2D eigenvalue weighted by Crippen LogP contribution is -2.32. The van der Waals surface area contributed by atoms with Crippen LogP contribution in [0, 0.1) is 5.92 Å². The molecule has 5 nitrogen and oxygen atoms in total. The van der Waals surface area contributed by atoms with Crippen molar-refractivity contribution in [2.24, 2.45) is 5.92 Å².